The van der Waals surface area contributed by atoms with Gasteiger partial charge in [-0.15, -0.1) is 0 Å². The van der Waals surface area contributed by atoms with Gasteiger partial charge in [-0.25, -0.2) is 0 Å². The van der Waals surface area contributed by atoms with Gasteiger partial charge in [0.25, 0.3) is 0 Å². The second-order valence-electron chi connectivity index (χ2n) is 6.26. The fraction of sp³-hybridized carbons (Fsp3) is 0.882. The number of hydrogen-bond acceptors (Lipinski definition) is 3. The molecule has 2 heterocycles. The van der Waals surface area contributed by atoms with Crippen LogP contribution < -0.4 is 0 Å². The van der Waals surface area contributed by atoms with Crippen molar-refractivity contribution in [2.75, 3.05) is 20.3 Å². The van der Waals surface area contributed by atoms with E-state index in [0.29, 0.717) is 5.92 Å². The van der Waals surface area contributed by atoms with Crippen LogP contribution in [-0.4, -0.2) is 38.1 Å². The van der Waals surface area contributed by atoms with E-state index in [1.54, 1.807) is 7.11 Å². The van der Waals surface area contributed by atoms with Gasteiger partial charge in [-0.2, -0.15) is 0 Å². The number of methoxy groups -OCH3 is 1. The zero-order valence-corrected chi connectivity index (χ0v) is 13.3. The predicted octanol–water partition coefficient (Wildman–Crippen LogP) is 3.72. The van der Waals surface area contributed by atoms with E-state index in [0.717, 1.165) is 19.6 Å². The minimum Gasteiger partial charge on any atom is -0.378 e. The van der Waals surface area contributed by atoms with Gasteiger partial charge in [-0.1, -0.05) is 51.7 Å². The first-order valence-electron chi connectivity index (χ1n) is 8.19. The Kier molecular flexibility index (Phi) is 6.06. The van der Waals surface area contributed by atoms with Gasteiger partial charge >= 0.3 is 0 Å². The SMILES string of the molecule is CCCCCCC/C=C\C1OCC(C)C(OC)C12CO2. The van der Waals surface area contributed by atoms with Gasteiger partial charge in [0, 0.05) is 13.0 Å². The van der Waals surface area contributed by atoms with E-state index in [1.807, 2.05) is 0 Å². The molecule has 4 atom stereocenters. The summed E-state index contributed by atoms with van der Waals surface area (Å²) in [4.78, 5) is 0. The largest absolute Gasteiger partial charge is 0.378 e. The number of rotatable bonds is 8. The molecule has 2 saturated heterocycles. The number of allylic oxidation sites excluding steroid dienone is 1. The standard InChI is InChI=1S/C17H30O3/c1-4-5-6-7-8-9-10-11-15-17(13-20-17)16(18-3)14(2)12-19-15/h10-11,14-16H,4-9,12-13H2,1-3H3/b11-10-. The second-order valence-corrected chi connectivity index (χ2v) is 6.26. The summed E-state index contributed by atoms with van der Waals surface area (Å²) in [6, 6.07) is 0. The van der Waals surface area contributed by atoms with Crippen molar-refractivity contribution in [1.82, 2.24) is 0 Å². The Bertz CT molecular complexity index is 309. The molecule has 3 nitrogen and oxygen atoms in total. The molecule has 3 heteroatoms. The topological polar surface area (TPSA) is 31.0 Å². The summed E-state index contributed by atoms with van der Waals surface area (Å²) in [5.41, 5.74) is -0.203. The highest BCUT2D eigenvalue weighted by atomic mass is 16.7. The zero-order chi connectivity index (χ0) is 14.4. The van der Waals surface area contributed by atoms with Crippen LogP contribution in [0.2, 0.25) is 0 Å². The van der Waals surface area contributed by atoms with Crippen LogP contribution in [0.25, 0.3) is 0 Å². The molecule has 0 aromatic heterocycles. The molecule has 2 rings (SSSR count). The van der Waals surface area contributed by atoms with Crippen molar-refractivity contribution in [1.29, 1.82) is 0 Å². The third kappa shape index (κ3) is 3.63. The molecule has 4 unspecified atom stereocenters. The molecule has 0 bridgehead atoms. The lowest BCUT2D eigenvalue weighted by Crippen LogP contribution is -2.52. The Morgan fingerprint density at radius 3 is 2.65 bits per heavy atom. The predicted molar refractivity (Wildman–Crippen MR) is 80.9 cm³/mol. The summed E-state index contributed by atoms with van der Waals surface area (Å²) in [6.07, 6.45) is 12.5. The van der Waals surface area contributed by atoms with Gasteiger partial charge in [0.05, 0.1) is 19.3 Å². The molecule has 0 N–H and O–H groups in total. The lowest BCUT2D eigenvalue weighted by Gasteiger charge is -2.38. The van der Waals surface area contributed by atoms with Gasteiger partial charge in [-0.3, -0.25) is 0 Å². The molecule has 0 aliphatic carbocycles. The average Bonchev–Trinajstić information content (AvgIpc) is 3.22. The Morgan fingerprint density at radius 1 is 1.25 bits per heavy atom. The highest BCUT2D eigenvalue weighted by Gasteiger charge is 2.61. The molecule has 116 valence electrons. The summed E-state index contributed by atoms with van der Waals surface area (Å²) in [6.45, 7) is 5.95. The van der Waals surface area contributed by atoms with E-state index >= 15 is 0 Å². The molecule has 0 amide bonds. The summed E-state index contributed by atoms with van der Waals surface area (Å²) >= 11 is 0. The molecular weight excluding hydrogens is 252 g/mol. The molecule has 0 aromatic rings. The number of epoxide rings is 1. The van der Waals surface area contributed by atoms with E-state index in [2.05, 4.69) is 26.0 Å². The van der Waals surface area contributed by atoms with Gasteiger partial charge in [0.2, 0.25) is 0 Å². The van der Waals surface area contributed by atoms with Crippen molar-refractivity contribution in [3.8, 4) is 0 Å². The Balaban J connectivity index is 1.75. The van der Waals surface area contributed by atoms with Crippen molar-refractivity contribution in [2.45, 2.75) is 70.2 Å². The van der Waals surface area contributed by atoms with Crippen LogP contribution >= 0.6 is 0 Å². The summed E-state index contributed by atoms with van der Waals surface area (Å²) in [5, 5.41) is 0. The molecule has 0 aromatic carbocycles. The average molecular weight is 282 g/mol. The van der Waals surface area contributed by atoms with Crippen LogP contribution in [-0.2, 0) is 14.2 Å². The Morgan fingerprint density at radius 2 is 2.00 bits per heavy atom. The molecular formula is C17H30O3. The third-order valence-electron chi connectivity index (χ3n) is 4.54. The smallest absolute Gasteiger partial charge is 0.147 e. The van der Waals surface area contributed by atoms with E-state index in [4.69, 9.17) is 14.2 Å². The van der Waals surface area contributed by atoms with Crippen LogP contribution in [0.3, 0.4) is 0 Å². The maximum atomic E-state index is 5.95. The molecule has 0 saturated carbocycles. The maximum Gasteiger partial charge on any atom is 0.147 e. The van der Waals surface area contributed by atoms with Crippen LogP contribution in [0, 0.1) is 5.92 Å². The Labute approximate surface area is 123 Å². The number of hydrogen-bond donors (Lipinski definition) is 0. The van der Waals surface area contributed by atoms with Crippen LogP contribution in [0.1, 0.15) is 52.4 Å². The minimum absolute atomic E-state index is 0.0688. The van der Waals surface area contributed by atoms with Crippen molar-refractivity contribution < 1.29 is 14.2 Å². The number of ether oxygens (including phenoxy) is 3. The molecule has 2 fully saturated rings. The summed E-state index contributed by atoms with van der Waals surface area (Å²) in [7, 11) is 1.78. The third-order valence-corrected chi connectivity index (χ3v) is 4.54. The first-order chi connectivity index (χ1) is 9.74. The highest BCUT2D eigenvalue weighted by Crippen LogP contribution is 2.44. The first-order valence-corrected chi connectivity index (χ1v) is 8.19. The molecule has 1 spiro atoms. The first kappa shape index (κ1) is 16.0. The van der Waals surface area contributed by atoms with Crippen molar-refractivity contribution >= 4 is 0 Å². The summed E-state index contributed by atoms with van der Waals surface area (Å²) < 4.78 is 17.3. The van der Waals surface area contributed by atoms with Crippen LogP contribution in [0.5, 0.6) is 0 Å². The summed E-state index contributed by atoms with van der Waals surface area (Å²) in [5.74, 6) is 0.404. The van der Waals surface area contributed by atoms with Crippen molar-refractivity contribution in [3.63, 3.8) is 0 Å². The van der Waals surface area contributed by atoms with E-state index in [-0.39, 0.29) is 17.8 Å². The highest BCUT2D eigenvalue weighted by molar-refractivity contribution is 5.15. The maximum absolute atomic E-state index is 5.95. The Hall–Kier alpha value is -0.380. The normalized spacial score (nSPS) is 36.9. The molecule has 20 heavy (non-hydrogen) atoms. The van der Waals surface area contributed by atoms with Crippen LogP contribution in [0.4, 0.5) is 0 Å². The lowest BCUT2D eigenvalue weighted by atomic mass is 9.85. The fourth-order valence-electron chi connectivity index (χ4n) is 3.28. The zero-order valence-electron chi connectivity index (χ0n) is 13.3. The van der Waals surface area contributed by atoms with Crippen LogP contribution in [0.15, 0.2) is 12.2 Å². The van der Waals surface area contributed by atoms with Crippen molar-refractivity contribution in [2.24, 2.45) is 5.92 Å². The minimum atomic E-state index is -0.203. The van der Waals surface area contributed by atoms with Gasteiger partial charge in [0.15, 0.2) is 0 Å². The van der Waals surface area contributed by atoms with E-state index in [1.165, 1.54) is 32.1 Å². The monoisotopic (exact) mass is 282 g/mol. The van der Waals surface area contributed by atoms with E-state index in [9.17, 15) is 0 Å². The molecule has 0 radical (unpaired) electrons. The lowest BCUT2D eigenvalue weighted by molar-refractivity contribution is -0.131. The van der Waals surface area contributed by atoms with Gasteiger partial charge < -0.3 is 14.2 Å². The number of unbranched alkanes of at least 4 members (excludes halogenated alkanes) is 5. The van der Waals surface area contributed by atoms with Crippen molar-refractivity contribution in [3.05, 3.63) is 12.2 Å². The van der Waals surface area contributed by atoms with Gasteiger partial charge in [0.1, 0.15) is 11.7 Å². The fourth-order valence-corrected chi connectivity index (χ4v) is 3.28. The van der Waals surface area contributed by atoms with Gasteiger partial charge in [-0.05, 0) is 12.8 Å². The molecule has 2 aliphatic rings. The van der Waals surface area contributed by atoms with E-state index < -0.39 is 0 Å². The molecule has 2 aliphatic heterocycles. The second kappa shape index (κ2) is 7.58. The quantitative estimate of drug-likeness (QED) is 0.386.